The zero-order valence-corrected chi connectivity index (χ0v) is 21.2. The summed E-state index contributed by atoms with van der Waals surface area (Å²) >= 11 is 0. The van der Waals surface area contributed by atoms with Crippen molar-refractivity contribution >= 4 is 41.5 Å². The number of aliphatic imine (C=N–C) groups is 1. The number of methoxy groups -OCH3 is 2. The highest BCUT2D eigenvalue weighted by atomic mass is 127. The van der Waals surface area contributed by atoms with Gasteiger partial charge in [0.15, 0.2) is 17.5 Å². The van der Waals surface area contributed by atoms with Crippen LogP contribution in [-0.4, -0.2) is 57.2 Å². The highest BCUT2D eigenvalue weighted by molar-refractivity contribution is 14.0. The number of benzene rings is 2. The lowest BCUT2D eigenvalue weighted by Gasteiger charge is -2.32. The summed E-state index contributed by atoms with van der Waals surface area (Å²) < 4.78 is 10.9. The predicted octanol–water partition coefficient (Wildman–Crippen LogP) is 3.23. The minimum absolute atomic E-state index is 0. The van der Waals surface area contributed by atoms with Crippen LogP contribution in [0.5, 0.6) is 11.5 Å². The Bertz CT molecular complexity index is 995. The van der Waals surface area contributed by atoms with E-state index in [4.69, 9.17) is 9.47 Å². The third kappa shape index (κ3) is 4.95. The maximum Gasteiger partial charge on any atom is 0.248 e. The number of fused-ring (bicyclic) bond motifs is 2. The number of rotatable bonds is 5. The molecule has 0 saturated carbocycles. The van der Waals surface area contributed by atoms with Crippen molar-refractivity contribution in [2.75, 3.05) is 45.3 Å². The fraction of sp³-hybridized carbons (Fsp3) is 0.417. The maximum atomic E-state index is 12.9. The van der Waals surface area contributed by atoms with E-state index in [0.29, 0.717) is 6.54 Å². The number of carbonyl (C=O) groups excluding carboxylic acids is 1. The Kier molecular flexibility index (Phi) is 8.22. The number of nitrogens with one attached hydrogen (secondary N) is 1. The minimum atomic E-state index is 0. The van der Waals surface area contributed by atoms with E-state index in [9.17, 15) is 4.79 Å². The van der Waals surface area contributed by atoms with Gasteiger partial charge < -0.3 is 24.6 Å². The number of para-hydroxylation sites is 1. The standard InChI is InChI=1S/C24H30N4O3.HI/c1-4-25-24(26-15-23(29)28-12-10-17-7-5-6-8-20(17)28)27-11-9-18-13-21(30-2)22(31-3)14-19(18)16-27;/h5-8,13-14H,4,9-12,15-16H2,1-3H3,(H,25,26);1H. The van der Waals surface area contributed by atoms with Crippen LogP contribution in [0.1, 0.15) is 23.6 Å². The van der Waals surface area contributed by atoms with Gasteiger partial charge in [0.25, 0.3) is 0 Å². The Labute approximate surface area is 206 Å². The molecule has 2 aromatic rings. The van der Waals surface area contributed by atoms with Crippen molar-refractivity contribution in [2.24, 2.45) is 4.99 Å². The number of carbonyl (C=O) groups is 1. The number of halogens is 1. The average Bonchev–Trinajstić information content (AvgIpc) is 3.24. The van der Waals surface area contributed by atoms with Crippen molar-refractivity contribution in [1.82, 2.24) is 10.2 Å². The van der Waals surface area contributed by atoms with Crippen LogP contribution in [0.4, 0.5) is 5.69 Å². The number of amides is 1. The van der Waals surface area contributed by atoms with Gasteiger partial charge in [0, 0.05) is 31.9 Å². The van der Waals surface area contributed by atoms with Crippen LogP contribution in [0.25, 0.3) is 0 Å². The third-order valence-corrected chi connectivity index (χ3v) is 5.90. The molecule has 2 aliphatic rings. The van der Waals surface area contributed by atoms with Gasteiger partial charge in [-0.3, -0.25) is 4.79 Å². The van der Waals surface area contributed by atoms with Gasteiger partial charge in [-0.15, -0.1) is 24.0 Å². The van der Waals surface area contributed by atoms with Crippen LogP contribution in [0.3, 0.4) is 0 Å². The molecule has 1 amide bonds. The summed E-state index contributed by atoms with van der Waals surface area (Å²) in [5.41, 5.74) is 4.69. The van der Waals surface area contributed by atoms with Gasteiger partial charge in [0.05, 0.1) is 14.2 Å². The second kappa shape index (κ2) is 10.9. The normalized spacial score (nSPS) is 14.9. The van der Waals surface area contributed by atoms with Crippen LogP contribution < -0.4 is 19.7 Å². The Morgan fingerprint density at radius 2 is 1.72 bits per heavy atom. The summed E-state index contributed by atoms with van der Waals surface area (Å²) in [6.07, 6.45) is 1.79. The van der Waals surface area contributed by atoms with Crippen LogP contribution in [0.2, 0.25) is 0 Å². The summed E-state index contributed by atoms with van der Waals surface area (Å²) in [6, 6.07) is 12.2. The summed E-state index contributed by atoms with van der Waals surface area (Å²) in [4.78, 5) is 21.6. The molecule has 0 radical (unpaired) electrons. The summed E-state index contributed by atoms with van der Waals surface area (Å²) in [7, 11) is 3.31. The molecule has 0 spiro atoms. The lowest BCUT2D eigenvalue weighted by atomic mass is 9.99. The SMILES string of the molecule is CCNC(=NCC(=O)N1CCc2ccccc21)N1CCc2cc(OC)c(OC)cc2C1.I. The Morgan fingerprint density at radius 3 is 2.44 bits per heavy atom. The summed E-state index contributed by atoms with van der Waals surface area (Å²) in [6.45, 7) is 5.18. The molecular formula is C24H31IN4O3. The molecular weight excluding hydrogens is 519 g/mol. The maximum absolute atomic E-state index is 12.9. The number of anilines is 1. The van der Waals surface area contributed by atoms with E-state index in [1.807, 2.05) is 36.1 Å². The molecule has 2 aliphatic heterocycles. The number of guanidine groups is 1. The van der Waals surface area contributed by atoms with Crippen molar-refractivity contribution in [3.05, 3.63) is 53.1 Å². The molecule has 4 rings (SSSR count). The monoisotopic (exact) mass is 550 g/mol. The fourth-order valence-electron chi connectivity index (χ4n) is 4.31. The van der Waals surface area contributed by atoms with E-state index in [1.165, 1.54) is 16.7 Å². The largest absolute Gasteiger partial charge is 0.493 e. The molecule has 172 valence electrons. The van der Waals surface area contributed by atoms with Gasteiger partial charge in [0.1, 0.15) is 6.54 Å². The lowest BCUT2D eigenvalue weighted by Crippen LogP contribution is -2.44. The molecule has 0 atom stereocenters. The highest BCUT2D eigenvalue weighted by Gasteiger charge is 2.25. The molecule has 7 nitrogen and oxygen atoms in total. The fourth-order valence-corrected chi connectivity index (χ4v) is 4.31. The quantitative estimate of drug-likeness (QED) is 0.352. The number of hydrogen-bond donors (Lipinski definition) is 1. The molecule has 0 fully saturated rings. The smallest absolute Gasteiger partial charge is 0.248 e. The van der Waals surface area contributed by atoms with E-state index < -0.39 is 0 Å². The van der Waals surface area contributed by atoms with Crippen molar-refractivity contribution < 1.29 is 14.3 Å². The van der Waals surface area contributed by atoms with Crippen LogP contribution in [-0.2, 0) is 24.2 Å². The number of ether oxygens (including phenoxy) is 2. The molecule has 0 saturated heterocycles. The zero-order valence-electron chi connectivity index (χ0n) is 18.9. The van der Waals surface area contributed by atoms with Crippen LogP contribution >= 0.6 is 24.0 Å². The van der Waals surface area contributed by atoms with Crippen molar-refractivity contribution in [1.29, 1.82) is 0 Å². The number of nitrogens with zero attached hydrogens (tertiary/aromatic N) is 3. The topological polar surface area (TPSA) is 66.4 Å². The second-order valence-electron chi connectivity index (χ2n) is 7.74. The first kappa shape index (κ1) is 24.2. The van der Waals surface area contributed by atoms with Gasteiger partial charge in [-0.05, 0) is 54.7 Å². The summed E-state index contributed by atoms with van der Waals surface area (Å²) in [5.74, 6) is 2.28. The molecule has 1 N–H and O–H groups in total. The molecule has 0 aromatic heterocycles. The lowest BCUT2D eigenvalue weighted by molar-refractivity contribution is -0.117. The van der Waals surface area contributed by atoms with Crippen molar-refractivity contribution in [2.45, 2.75) is 26.3 Å². The minimum Gasteiger partial charge on any atom is -0.493 e. The molecule has 0 unspecified atom stereocenters. The Hall–Kier alpha value is -2.49. The van der Waals surface area contributed by atoms with E-state index in [1.54, 1.807) is 14.2 Å². The average molecular weight is 550 g/mol. The van der Waals surface area contributed by atoms with Crippen molar-refractivity contribution in [3.8, 4) is 11.5 Å². The van der Waals surface area contributed by atoms with Gasteiger partial charge in [-0.2, -0.15) is 0 Å². The van der Waals surface area contributed by atoms with Gasteiger partial charge in [-0.1, -0.05) is 18.2 Å². The summed E-state index contributed by atoms with van der Waals surface area (Å²) in [5, 5.41) is 3.35. The predicted molar refractivity (Wildman–Crippen MR) is 138 cm³/mol. The first-order valence-corrected chi connectivity index (χ1v) is 10.8. The Morgan fingerprint density at radius 1 is 1.03 bits per heavy atom. The second-order valence-corrected chi connectivity index (χ2v) is 7.74. The van der Waals surface area contributed by atoms with Gasteiger partial charge in [0.2, 0.25) is 5.91 Å². The van der Waals surface area contributed by atoms with Crippen molar-refractivity contribution in [3.63, 3.8) is 0 Å². The first-order chi connectivity index (χ1) is 15.1. The van der Waals surface area contributed by atoms with E-state index in [2.05, 4.69) is 27.3 Å². The zero-order chi connectivity index (χ0) is 21.8. The molecule has 2 aromatic carbocycles. The highest BCUT2D eigenvalue weighted by Crippen LogP contribution is 2.33. The van der Waals surface area contributed by atoms with Crippen LogP contribution in [0, 0.1) is 0 Å². The van der Waals surface area contributed by atoms with E-state index in [-0.39, 0.29) is 36.4 Å². The van der Waals surface area contributed by atoms with E-state index >= 15 is 0 Å². The molecule has 0 aliphatic carbocycles. The van der Waals surface area contributed by atoms with Gasteiger partial charge >= 0.3 is 0 Å². The molecule has 2 heterocycles. The third-order valence-electron chi connectivity index (χ3n) is 5.90. The Balaban J connectivity index is 0.00000289. The van der Waals surface area contributed by atoms with Gasteiger partial charge in [-0.25, -0.2) is 4.99 Å². The molecule has 8 heteroatoms. The first-order valence-electron chi connectivity index (χ1n) is 10.8. The van der Waals surface area contributed by atoms with E-state index in [0.717, 1.165) is 55.6 Å². The number of hydrogen-bond acceptors (Lipinski definition) is 4. The molecule has 0 bridgehead atoms. The van der Waals surface area contributed by atoms with Crippen LogP contribution in [0.15, 0.2) is 41.4 Å². The molecule has 32 heavy (non-hydrogen) atoms.